The molecular weight excluding hydrogens is 292 g/mol. The Morgan fingerprint density at radius 3 is 2.57 bits per heavy atom. The minimum Gasteiger partial charge on any atom is -0.389 e. The fraction of sp³-hybridized carbons (Fsp3) is 0.556. The van der Waals surface area contributed by atoms with Gasteiger partial charge in [-0.25, -0.2) is 0 Å². The molecule has 1 fully saturated rings. The fourth-order valence-corrected chi connectivity index (χ4v) is 2.83. The maximum Gasteiger partial charge on any atom is 0.224 e. The Morgan fingerprint density at radius 2 is 2.00 bits per heavy atom. The van der Waals surface area contributed by atoms with E-state index in [0.29, 0.717) is 25.9 Å². The van der Waals surface area contributed by atoms with E-state index in [0.717, 1.165) is 18.5 Å². The highest BCUT2D eigenvalue weighted by Crippen LogP contribution is 2.14. The molecule has 0 radical (unpaired) electrons. The van der Waals surface area contributed by atoms with Crippen LogP contribution >= 0.6 is 0 Å². The summed E-state index contributed by atoms with van der Waals surface area (Å²) in [5.74, 6) is 0.102. The third kappa shape index (κ3) is 5.67. The highest BCUT2D eigenvalue weighted by molar-refractivity contribution is 5.80. The minimum absolute atomic E-state index is 0.0318. The van der Waals surface area contributed by atoms with Gasteiger partial charge in [0, 0.05) is 39.0 Å². The zero-order valence-corrected chi connectivity index (χ0v) is 14.0. The molecule has 5 nitrogen and oxygen atoms in total. The molecule has 1 N–H and O–H groups in total. The van der Waals surface area contributed by atoms with Crippen LogP contribution in [0.3, 0.4) is 0 Å². The van der Waals surface area contributed by atoms with Crippen molar-refractivity contribution in [3.05, 3.63) is 35.9 Å². The van der Waals surface area contributed by atoms with Crippen molar-refractivity contribution in [2.75, 3.05) is 19.6 Å². The topological polar surface area (TPSA) is 60.9 Å². The molecule has 2 amide bonds. The lowest BCUT2D eigenvalue weighted by molar-refractivity contribution is -0.136. The molecule has 0 spiro atoms. The lowest BCUT2D eigenvalue weighted by Gasteiger charge is -2.30. The van der Waals surface area contributed by atoms with E-state index in [1.165, 1.54) is 0 Å². The number of carbonyl (C=O) groups is 2. The number of amides is 2. The van der Waals surface area contributed by atoms with Gasteiger partial charge in [0.2, 0.25) is 11.8 Å². The first kappa shape index (κ1) is 17.5. The summed E-state index contributed by atoms with van der Waals surface area (Å²) in [7, 11) is 0. The minimum atomic E-state index is -0.950. The van der Waals surface area contributed by atoms with Crippen LogP contribution in [0.15, 0.2) is 30.3 Å². The van der Waals surface area contributed by atoms with Gasteiger partial charge in [-0.3, -0.25) is 9.59 Å². The van der Waals surface area contributed by atoms with Gasteiger partial charge in [-0.2, -0.15) is 0 Å². The number of hydrogen-bond acceptors (Lipinski definition) is 3. The van der Waals surface area contributed by atoms with Crippen LogP contribution in [0.1, 0.15) is 38.7 Å². The first-order valence-electron chi connectivity index (χ1n) is 8.17. The second-order valence-corrected chi connectivity index (χ2v) is 6.78. The lowest BCUT2D eigenvalue weighted by atomic mass is 10.1. The van der Waals surface area contributed by atoms with Gasteiger partial charge in [-0.05, 0) is 25.8 Å². The molecule has 0 aliphatic carbocycles. The van der Waals surface area contributed by atoms with Gasteiger partial charge in [0.15, 0.2) is 0 Å². The monoisotopic (exact) mass is 318 g/mol. The van der Waals surface area contributed by atoms with Gasteiger partial charge in [0.05, 0.1) is 5.60 Å². The van der Waals surface area contributed by atoms with E-state index < -0.39 is 5.60 Å². The van der Waals surface area contributed by atoms with Crippen molar-refractivity contribution in [3.63, 3.8) is 0 Å². The molecule has 1 aliphatic rings. The molecule has 0 bridgehead atoms. The zero-order valence-electron chi connectivity index (χ0n) is 14.0. The molecular formula is C18H26N2O3. The van der Waals surface area contributed by atoms with Gasteiger partial charge in [0.25, 0.3) is 0 Å². The van der Waals surface area contributed by atoms with Crippen molar-refractivity contribution < 1.29 is 14.7 Å². The van der Waals surface area contributed by atoms with Gasteiger partial charge < -0.3 is 14.9 Å². The van der Waals surface area contributed by atoms with Gasteiger partial charge in [0.1, 0.15) is 0 Å². The standard InChI is InChI=1S/C18H26N2O3/c1-18(2,23)14-20(13-15-7-4-3-5-8-15)17(22)10-12-19-11-6-9-16(19)21/h3-5,7-8,23H,6,9-14H2,1-2H3. The van der Waals surface area contributed by atoms with Gasteiger partial charge >= 0.3 is 0 Å². The first-order chi connectivity index (χ1) is 10.8. The number of carbonyl (C=O) groups excluding carboxylic acids is 2. The number of likely N-dealkylation sites (tertiary alicyclic amines) is 1. The van der Waals surface area contributed by atoms with Crippen LogP contribution < -0.4 is 0 Å². The number of nitrogens with zero attached hydrogens (tertiary/aromatic N) is 2. The summed E-state index contributed by atoms with van der Waals surface area (Å²) in [4.78, 5) is 27.6. The quantitative estimate of drug-likeness (QED) is 0.834. The van der Waals surface area contributed by atoms with Crippen LogP contribution in [-0.4, -0.2) is 52.0 Å². The normalized spacial score (nSPS) is 15.1. The molecule has 1 aromatic carbocycles. The Balaban J connectivity index is 1.97. The van der Waals surface area contributed by atoms with Gasteiger partial charge in [-0.15, -0.1) is 0 Å². The molecule has 0 atom stereocenters. The van der Waals surface area contributed by atoms with E-state index in [1.54, 1.807) is 23.6 Å². The van der Waals surface area contributed by atoms with Crippen molar-refractivity contribution >= 4 is 11.8 Å². The van der Waals surface area contributed by atoms with Crippen LogP contribution in [0.25, 0.3) is 0 Å². The Morgan fingerprint density at radius 1 is 1.30 bits per heavy atom. The highest BCUT2D eigenvalue weighted by Gasteiger charge is 2.25. The Kier molecular flexibility index (Phi) is 5.77. The van der Waals surface area contributed by atoms with Crippen molar-refractivity contribution in [1.82, 2.24) is 9.80 Å². The maximum atomic E-state index is 12.6. The smallest absolute Gasteiger partial charge is 0.224 e. The largest absolute Gasteiger partial charge is 0.389 e. The van der Waals surface area contributed by atoms with E-state index in [-0.39, 0.29) is 18.4 Å². The van der Waals surface area contributed by atoms with E-state index in [1.807, 2.05) is 30.3 Å². The van der Waals surface area contributed by atoms with E-state index in [9.17, 15) is 14.7 Å². The van der Waals surface area contributed by atoms with Crippen molar-refractivity contribution in [2.24, 2.45) is 0 Å². The fourth-order valence-electron chi connectivity index (χ4n) is 2.83. The van der Waals surface area contributed by atoms with Crippen LogP contribution in [0, 0.1) is 0 Å². The molecule has 23 heavy (non-hydrogen) atoms. The second-order valence-electron chi connectivity index (χ2n) is 6.78. The Labute approximate surface area is 137 Å². The number of aliphatic hydroxyl groups is 1. The molecule has 126 valence electrons. The molecule has 0 saturated carbocycles. The third-order valence-corrected chi connectivity index (χ3v) is 3.91. The predicted octanol–water partition coefficient (Wildman–Crippen LogP) is 1.80. The molecule has 1 heterocycles. The second kappa shape index (κ2) is 7.59. The molecule has 2 rings (SSSR count). The summed E-state index contributed by atoms with van der Waals surface area (Å²) in [6.45, 7) is 5.35. The molecule has 0 aromatic heterocycles. The molecule has 0 unspecified atom stereocenters. The van der Waals surface area contributed by atoms with E-state index in [2.05, 4.69) is 0 Å². The van der Waals surface area contributed by atoms with Crippen molar-refractivity contribution in [3.8, 4) is 0 Å². The molecule has 1 aliphatic heterocycles. The summed E-state index contributed by atoms with van der Waals surface area (Å²) in [5, 5.41) is 10.1. The van der Waals surface area contributed by atoms with Crippen LogP contribution in [-0.2, 0) is 16.1 Å². The third-order valence-electron chi connectivity index (χ3n) is 3.91. The maximum absolute atomic E-state index is 12.6. The first-order valence-corrected chi connectivity index (χ1v) is 8.17. The van der Waals surface area contributed by atoms with Gasteiger partial charge in [-0.1, -0.05) is 30.3 Å². The average Bonchev–Trinajstić information content (AvgIpc) is 2.89. The van der Waals surface area contributed by atoms with E-state index >= 15 is 0 Å². The summed E-state index contributed by atoms with van der Waals surface area (Å²) >= 11 is 0. The molecule has 1 saturated heterocycles. The van der Waals surface area contributed by atoms with E-state index in [4.69, 9.17) is 0 Å². The highest BCUT2D eigenvalue weighted by atomic mass is 16.3. The predicted molar refractivity (Wildman–Crippen MR) is 88.6 cm³/mol. The lowest BCUT2D eigenvalue weighted by Crippen LogP contribution is -2.43. The number of rotatable bonds is 7. The summed E-state index contributed by atoms with van der Waals surface area (Å²) in [6, 6.07) is 9.74. The number of benzene rings is 1. The average molecular weight is 318 g/mol. The van der Waals surface area contributed by atoms with Crippen LogP contribution in [0.5, 0.6) is 0 Å². The summed E-state index contributed by atoms with van der Waals surface area (Å²) in [6.07, 6.45) is 1.77. The zero-order chi connectivity index (χ0) is 16.9. The van der Waals surface area contributed by atoms with Crippen LogP contribution in [0.4, 0.5) is 0 Å². The SMILES string of the molecule is CC(C)(O)CN(Cc1ccccc1)C(=O)CCN1CCCC1=O. The number of hydrogen-bond donors (Lipinski definition) is 1. The summed E-state index contributed by atoms with van der Waals surface area (Å²) in [5.41, 5.74) is 0.0795. The van der Waals surface area contributed by atoms with Crippen molar-refractivity contribution in [1.29, 1.82) is 0 Å². The molecule has 5 heteroatoms. The molecule has 1 aromatic rings. The van der Waals surface area contributed by atoms with Crippen molar-refractivity contribution in [2.45, 2.75) is 45.3 Å². The van der Waals surface area contributed by atoms with Crippen LogP contribution in [0.2, 0.25) is 0 Å². The Hall–Kier alpha value is -1.88. The Bertz CT molecular complexity index is 537. The summed E-state index contributed by atoms with van der Waals surface area (Å²) < 4.78 is 0.